The maximum absolute atomic E-state index is 12.5. The van der Waals surface area contributed by atoms with E-state index in [4.69, 9.17) is 9.73 Å². The Labute approximate surface area is 139 Å². The zero-order chi connectivity index (χ0) is 16.7. The molecule has 1 N–H and O–H groups in total. The summed E-state index contributed by atoms with van der Waals surface area (Å²) < 4.78 is 5.20. The Kier molecular flexibility index (Phi) is 6.63. The van der Waals surface area contributed by atoms with E-state index in [1.165, 1.54) is 0 Å². The lowest BCUT2D eigenvalue weighted by molar-refractivity contribution is -0.123. The molecular weight excluding hydrogens is 288 g/mol. The minimum Gasteiger partial charge on any atom is -0.497 e. The molecule has 0 heterocycles. The molecule has 0 spiro atoms. The molecule has 2 atom stereocenters. The van der Waals surface area contributed by atoms with Crippen molar-refractivity contribution in [2.75, 3.05) is 13.7 Å². The second-order valence-electron chi connectivity index (χ2n) is 6.53. The summed E-state index contributed by atoms with van der Waals surface area (Å²) in [4.78, 5) is 17.2. The highest BCUT2D eigenvalue weighted by molar-refractivity contribution is 6.10. The van der Waals surface area contributed by atoms with Gasteiger partial charge >= 0.3 is 0 Å². The Morgan fingerprint density at radius 2 is 2.26 bits per heavy atom. The van der Waals surface area contributed by atoms with Gasteiger partial charge in [0.1, 0.15) is 5.76 Å². The molecule has 2 aliphatic rings. The number of allylic oxidation sites excluding steroid dienone is 3. The molecule has 0 aliphatic heterocycles. The van der Waals surface area contributed by atoms with E-state index in [0.29, 0.717) is 5.92 Å². The van der Waals surface area contributed by atoms with E-state index in [1.807, 2.05) is 24.3 Å². The molecule has 1 amide bonds. The molecule has 2 unspecified atom stereocenters. The Balaban J connectivity index is 1.98. The summed E-state index contributed by atoms with van der Waals surface area (Å²) in [6.07, 6.45) is 13.8. The molecule has 23 heavy (non-hydrogen) atoms. The van der Waals surface area contributed by atoms with E-state index in [1.54, 1.807) is 7.11 Å². The van der Waals surface area contributed by atoms with Gasteiger partial charge in [-0.2, -0.15) is 0 Å². The predicted octanol–water partition coefficient (Wildman–Crippen LogP) is 3.41. The Morgan fingerprint density at radius 3 is 2.91 bits per heavy atom. The molecule has 4 nitrogen and oxygen atoms in total. The van der Waals surface area contributed by atoms with Crippen molar-refractivity contribution in [3.8, 4) is 0 Å². The normalized spacial score (nSPS) is 25.6. The Morgan fingerprint density at radius 1 is 1.43 bits per heavy atom. The highest BCUT2D eigenvalue weighted by Crippen LogP contribution is 2.20. The lowest BCUT2D eigenvalue weighted by atomic mass is 9.91. The summed E-state index contributed by atoms with van der Waals surface area (Å²) in [5.74, 6) is 1.47. The first kappa shape index (κ1) is 17.5. The van der Waals surface area contributed by atoms with E-state index in [2.05, 4.69) is 25.2 Å². The number of aliphatic imine (C=N–C) groups is 1. The van der Waals surface area contributed by atoms with Gasteiger partial charge in [-0.15, -0.1) is 0 Å². The van der Waals surface area contributed by atoms with Crippen LogP contribution in [0.15, 0.2) is 41.1 Å². The van der Waals surface area contributed by atoms with Crippen molar-refractivity contribution >= 4 is 11.6 Å². The van der Waals surface area contributed by atoms with Crippen molar-refractivity contribution in [3.05, 3.63) is 36.1 Å². The average molecular weight is 316 g/mol. The van der Waals surface area contributed by atoms with Crippen LogP contribution >= 0.6 is 0 Å². The number of carbonyl (C=O) groups excluding carboxylic acids is 1. The van der Waals surface area contributed by atoms with Crippen LogP contribution in [0.3, 0.4) is 0 Å². The van der Waals surface area contributed by atoms with Gasteiger partial charge in [0, 0.05) is 12.3 Å². The maximum Gasteiger partial charge on any atom is 0.229 e. The SMILES string of the molecule is COC1=CCC(N=C2C=CCCC2C(=O)NCCC(C)C)C=C1. The molecule has 4 heteroatoms. The molecule has 0 aromatic heterocycles. The first-order chi connectivity index (χ1) is 11.1. The molecular formula is C19H28N2O2. The van der Waals surface area contributed by atoms with Gasteiger partial charge in [0.25, 0.3) is 0 Å². The van der Waals surface area contributed by atoms with E-state index < -0.39 is 0 Å². The number of hydrogen-bond donors (Lipinski definition) is 1. The lowest BCUT2D eigenvalue weighted by Crippen LogP contribution is -2.37. The van der Waals surface area contributed by atoms with Gasteiger partial charge in [-0.3, -0.25) is 9.79 Å². The van der Waals surface area contributed by atoms with Crippen LogP contribution in [0, 0.1) is 11.8 Å². The number of nitrogens with zero attached hydrogens (tertiary/aromatic N) is 1. The maximum atomic E-state index is 12.5. The molecule has 0 aromatic carbocycles. The van der Waals surface area contributed by atoms with Crippen LogP contribution in [0.4, 0.5) is 0 Å². The topological polar surface area (TPSA) is 50.7 Å². The van der Waals surface area contributed by atoms with Gasteiger partial charge in [-0.25, -0.2) is 0 Å². The summed E-state index contributed by atoms with van der Waals surface area (Å²) in [6.45, 7) is 5.08. The summed E-state index contributed by atoms with van der Waals surface area (Å²) in [5, 5.41) is 3.06. The smallest absolute Gasteiger partial charge is 0.229 e. The highest BCUT2D eigenvalue weighted by atomic mass is 16.5. The number of nitrogens with one attached hydrogen (secondary N) is 1. The van der Waals surface area contributed by atoms with E-state index in [-0.39, 0.29) is 17.9 Å². The predicted molar refractivity (Wildman–Crippen MR) is 94.4 cm³/mol. The minimum atomic E-state index is -0.117. The van der Waals surface area contributed by atoms with Crippen molar-refractivity contribution < 1.29 is 9.53 Å². The second kappa shape index (κ2) is 8.70. The lowest BCUT2D eigenvalue weighted by Gasteiger charge is -2.22. The van der Waals surface area contributed by atoms with Gasteiger partial charge in [0.2, 0.25) is 5.91 Å². The second-order valence-corrected chi connectivity index (χ2v) is 6.53. The first-order valence-corrected chi connectivity index (χ1v) is 8.54. The van der Waals surface area contributed by atoms with Crippen molar-refractivity contribution in [2.24, 2.45) is 16.8 Å². The van der Waals surface area contributed by atoms with Crippen LogP contribution in [-0.4, -0.2) is 31.3 Å². The molecule has 0 saturated heterocycles. The van der Waals surface area contributed by atoms with Crippen LogP contribution in [0.25, 0.3) is 0 Å². The van der Waals surface area contributed by atoms with Crippen molar-refractivity contribution in [1.29, 1.82) is 0 Å². The Bertz CT molecular complexity index is 529. The van der Waals surface area contributed by atoms with Crippen LogP contribution in [-0.2, 0) is 9.53 Å². The van der Waals surface area contributed by atoms with Crippen LogP contribution < -0.4 is 5.32 Å². The fourth-order valence-corrected chi connectivity index (χ4v) is 2.76. The number of carbonyl (C=O) groups is 1. The largest absolute Gasteiger partial charge is 0.497 e. The van der Waals surface area contributed by atoms with E-state index >= 15 is 0 Å². The number of ether oxygens (including phenoxy) is 1. The van der Waals surface area contributed by atoms with Crippen molar-refractivity contribution in [2.45, 2.75) is 45.6 Å². The van der Waals surface area contributed by atoms with Crippen LogP contribution in [0.5, 0.6) is 0 Å². The third kappa shape index (κ3) is 5.38. The molecule has 2 rings (SSSR count). The summed E-state index contributed by atoms with van der Waals surface area (Å²) in [5.41, 5.74) is 0.905. The van der Waals surface area contributed by atoms with Crippen LogP contribution in [0.1, 0.15) is 39.5 Å². The highest BCUT2D eigenvalue weighted by Gasteiger charge is 2.25. The molecule has 0 bridgehead atoms. The summed E-state index contributed by atoms with van der Waals surface area (Å²) in [6, 6.07) is 0.0950. The van der Waals surface area contributed by atoms with Gasteiger partial charge in [-0.1, -0.05) is 26.0 Å². The third-order valence-corrected chi connectivity index (χ3v) is 4.20. The number of rotatable bonds is 6. The molecule has 0 radical (unpaired) electrons. The van der Waals surface area contributed by atoms with Crippen molar-refractivity contribution in [3.63, 3.8) is 0 Å². The molecule has 126 valence electrons. The molecule has 2 aliphatic carbocycles. The zero-order valence-electron chi connectivity index (χ0n) is 14.4. The number of methoxy groups -OCH3 is 1. The monoisotopic (exact) mass is 316 g/mol. The quantitative estimate of drug-likeness (QED) is 0.816. The number of amides is 1. The van der Waals surface area contributed by atoms with Gasteiger partial charge in [0.15, 0.2) is 0 Å². The van der Waals surface area contributed by atoms with Crippen molar-refractivity contribution in [1.82, 2.24) is 5.32 Å². The van der Waals surface area contributed by atoms with Crippen LogP contribution in [0.2, 0.25) is 0 Å². The van der Waals surface area contributed by atoms with E-state index in [0.717, 1.165) is 43.7 Å². The standard InChI is InChI=1S/C19H28N2O2/c1-14(2)12-13-20-19(22)17-6-4-5-7-18(17)21-15-8-10-16(23-3)11-9-15/h5,7-8,10-11,14-15,17H,4,6,9,12-13H2,1-3H3,(H,20,22). The van der Waals surface area contributed by atoms with E-state index in [9.17, 15) is 4.79 Å². The minimum absolute atomic E-state index is 0.0950. The molecule has 0 saturated carbocycles. The number of hydrogen-bond acceptors (Lipinski definition) is 3. The summed E-state index contributed by atoms with van der Waals surface area (Å²) in [7, 11) is 1.67. The third-order valence-electron chi connectivity index (χ3n) is 4.20. The fraction of sp³-hybridized carbons (Fsp3) is 0.579. The first-order valence-electron chi connectivity index (χ1n) is 8.54. The van der Waals surface area contributed by atoms with Gasteiger partial charge in [0.05, 0.1) is 19.1 Å². The Hall–Kier alpha value is -1.84. The molecule has 0 aromatic rings. The molecule has 0 fully saturated rings. The van der Waals surface area contributed by atoms with Gasteiger partial charge < -0.3 is 10.1 Å². The fourth-order valence-electron chi connectivity index (χ4n) is 2.76. The summed E-state index contributed by atoms with van der Waals surface area (Å²) >= 11 is 0. The average Bonchev–Trinajstić information content (AvgIpc) is 2.55. The zero-order valence-corrected chi connectivity index (χ0v) is 14.4. The van der Waals surface area contributed by atoms with Gasteiger partial charge in [-0.05, 0) is 49.8 Å².